The Balaban J connectivity index is 1.75. The molecular formula is C24H25N3O3. The van der Waals surface area contributed by atoms with Crippen LogP contribution in [0.25, 0.3) is 22.2 Å². The number of nitrogens with one attached hydrogen (secondary N) is 1. The second-order valence-electron chi connectivity index (χ2n) is 7.93. The molecule has 30 heavy (non-hydrogen) atoms. The first-order valence-corrected chi connectivity index (χ1v) is 10.2. The molecule has 0 radical (unpaired) electrons. The minimum absolute atomic E-state index is 0.183. The summed E-state index contributed by atoms with van der Waals surface area (Å²) in [5, 5.41) is 13.6. The number of amides is 1. The zero-order valence-electron chi connectivity index (χ0n) is 17.4. The minimum Gasteiger partial charge on any atom is -0.497 e. The molecule has 1 aliphatic carbocycles. The van der Waals surface area contributed by atoms with E-state index < -0.39 is 6.09 Å². The van der Waals surface area contributed by atoms with Crippen LogP contribution in [-0.4, -0.2) is 23.9 Å². The molecule has 1 aliphatic rings. The summed E-state index contributed by atoms with van der Waals surface area (Å²) in [6.07, 6.45) is 1.76. The summed E-state index contributed by atoms with van der Waals surface area (Å²) < 4.78 is 12.8. The molecule has 1 fully saturated rings. The number of benzene rings is 2. The first-order chi connectivity index (χ1) is 14.5. The topological polar surface area (TPSA) is 76.3 Å². The molecule has 1 saturated carbocycles. The van der Waals surface area contributed by atoms with Crippen LogP contribution in [-0.2, 0) is 11.3 Å². The lowest BCUT2D eigenvalue weighted by molar-refractivity contribution is 0.130. The Kier molecular flexibility index (Phi) is 5.37. The van der Waals surface area contributed by atoms with Crippen molar-refractivity contribution in [2.24, 2.45) is 5.92 Å². The molecule has 6 heteroatoms. The summed E-state index contributed by atoms with van der Waals surface area (Å²) in [7, 11) is 1.65. The Morgan fingerprint density at radius 1 is 1.23 bits per heavy atom. The summed E-state index contributed by atoms with van der Waals surface area (Å²) in [4.78, 5) is 11.8. The van der Waals surface area contributed by atoms with Gasteiger partial charge in [0.05, 0.1) is 30.0 Å². The van der Waals surface area contributed by atoms with E-state index in [4.69, 9.17) is 9.47 Å². The molecule has 2 aromatic carbocycles. The Morgan fingerprint density at radius 3 is 2.57 bits per heavy atom. The average molecular weight is 403 g/mol. The van der Waals surface area contributed by atoms with Gasteiger partial charge in [0.1, 0.15) is 11.8 Å². The molecule has 0 spiro atoms. The molecule has 154 valence electrons. The van der Waals surface area contributed by atoms with Crippen molar-refractivity contribution in [3.05, 3.63) is 48.0 Å². The zero-order chi connectivity index (χ0) is 21.3. The van der Waals surface area contributed by atoms with Crippen molar-refractivity contribution in [3.8, 4) is 23.1 Å². The monoisotopic (exact) mass is 403 g/mol. The Hall–Kier alpha value is -3.46. The number of nitrogens with zero attached hydrogens (tertiary/aromatic N) is 2. The zero-order valence-corrected chi connectivity index (χ0v) is 17.4. The average Bonchev–Trinajstić information content (AvgIpc) is 3.49. The molecular weight excluding hydrogens is 378 g/mol. The molecule has 1 aromatic heterocycles. The van der Waals surface area contributed by atoms with Gasteiger partial charge in [-0.2, -0.15) is 5.26 Å². The number of hydrogen-bond donors (Lipinski definition) is 1. The van der Waals surface area contributed by atoms with Crippen molar-refractivity contribution in [1.82, 2.24) is 4.57 Å². The predicted octanol–water partition coefficient (Wildman–Crippen LogP) is 5.56. The van der Waals surface area contributed by atoms with E-state index in [0.717, 1.165) is 34.5 Å². The van der Waals surface area contributed by atoms with E-state index in [2.05, 4.69) is 16.0 Å². The number of rotatable bonds is 6. The highest BCUT2D eigenvalue weighted by Crippen LogP contribution is 2.39. The molecule has 1 amide bonds. The van der Waals surface area contributed by atoms with Gasteiger partial charge in [0.15, 0.2) is 0 Å². The Morgan fingerprint density at radius 2 is 1.97 bits per heavy atom. The number of ether oxygens (including phenoxy) is 2. The highest BCUT2D eigenvalue weighted by molar-refractivity contribution is 5.95. The third kappa shape index (κ3) is 3.97. The Bertz CT molecular complexity index is 1120. The van der Waals surface area contributed by atoms with Crippen molar-refractivity contribution in [2.75, 3.05) is 12.4 Å². The number of anilines is 1. The maximum absolute atomic E-state index is 11.8. The van der Waals surface area contributed by atoms with Crippen LogP contribution >= 0.6 is 0 Å². The number of nitriles is 1. The molecule has 0 aliphatic heterocycles. The second kappa shape index (κ2) is 8.11. The summed E-state index contributed by atoms with van der Waals surface area (Å²) in [5.41, 5.74) is 4.16. The van der Waals surface area contributed by atoms with Crippen LogP contribution in [0.3, 0.4) is 0 Å². The smallest absolute Gasteiger partial charge is 0.411 e. The maximum Gasteiger partial charge on any atom is 0.411 e. The molecule has 0 saturated heterocycles. The van der Waals surface area contributed by atoms with Gasteiger partial charge < -0.3 is 14.0 Å². The Labute approximate surface area is 176 Å². The van der Waals surface area contributed by atoms with Gasteiger partial charge in [-0.25, -0.2) is 4.79 Å². The first kappa shape index (κ1) is 19.8. The van der Waals surface area contributed by atoms with E-state index in [1.165, 1.54) is 12.8 Å². The number of methoxy groups -OCH3 is 1. The van der Waals surface area contributed by atoms with Gasteiger partial charge in [0, 0.05) is 23.7 Å². The lowest BCUT2D eigenvalue weighted by Crippen LogP contribution is -2.17. The normalized spacial score (nSPS) is 13.3. The third-order valence-electron chi connectivity index (χ3n) is 5.27. The van der Waals surface area contributed by atoms with Crippen LogP contribution in [0.4, 0.5) is 10.5 Å². The molecule has 1 N–H and O–H groups in total. The lowest BCUT2D eigenvalue weighted by Gasteiger charge is -2.13. The van der Waals surface area contributed by atoms with Gasteiger partial charge in [-0.1, -0.05) is 12.1 Å². The van der Waals surface area contributed by atoms with E-state index >= 15 is 0 Å². The summed E-state index contributed by atoms with van der Waals surface area (Å²) in [5.74, 6) is 1.42. The van der Waals surface area contributed by atoms with Crippen molar-refractivity contribution in [3.63, 3.8) is 0 Å². The fraction of sp³-hybridized carbons (Fsp3) is 0.333. The number of fused-ring (bicyclic) bond motifs is 1. The van der Waals surface area contributed by atoms with Crippen LogP contribution in [0.15, 0.2) is 42.5 Å². The van der Waals surface area contributed by atoms with Gasteiger partial charge in [-0.3, -0.25) is 5.32 Å². The number of carbonyl (C=O) groups is 1. The van der Waals surface area contributed by atoms with Crippen molar-refractivity contribution in [1.29, 1.82) is 5.26 Å². The fourth-order valence-corrected chi connectivity index (χ4v) is 3.69. The summed E-state index contributed by atoms with van der Waals surface area (Å²) in [6, 6.07) is 15.8. The van der Waals surface area contributed by atoms with E-state index in [1.54, 1.807) is 21.0 Å². The second-order valence-corrected chi connectivity index (χ2v) is 7.93. The molecule has 0 atom stereocenters. The number of carbonyl (C=O) groups excluding carboxylic acids is 1. The standard InChI is InChI=1S/C24H25N3O3/c1-15(2)30-24(28)26-18-8-6-17(7-9-18)23-21(13-25)20-11-10-19(29-3)12-22(20)27(23)14-16-4-5-16/h6-12,15-16H,4-5,14H2,1-3H3,(H,26,28). The quantitative estimate of drug-likeness (QED) is 0.585. The van der Waals surface area contributed by atoms with Crippen LogP contribution in [0.1, 0.15) is 32.3 Å². The van der Waals surface area contributed by atoms with E-state index in [0.29, 0.717) is 17.2 Å². The first-order valence-electron chi connectivity index (χ1n) is 10.2. The van der Waals surface area contributed by atoms with E-state index in [-0.39, 0.29) is 6.10 Å². The minimum atomic E-state index is -0.481. The molecule has 3 aromatic rings. The maximum atomic E-state index is 11.8. The third-order valence-corrected chi connectivity index (χ3v) is 5.27. The number of aromatic nitrogens is 1. The highest BCUT2D eigenvalue weighted by atomic mass is 16.6. The van der Waals surface area contributed by atoms with Crippen LogP contribution in [0.5, 0.6) is 5.75 Å². The van der Waals surface area contributed by atoms with E-state index in [1.807, 2.05) is 42.5 Å². The van der Waals surface area contributed by atoms with Crippen LogP contribution in [0, 0.1) is 17.2 Å². The van der Waals surface area contributed by atoms with Crippen molar-refractivity contribution >= 4 is 22.7 Å². The summed E-state index contributed by atoms with van der Waals surface area (Å²) >= 11 is 0. The summed E-state index contributed by atoms with van der Waals surface area (Å²) in [6.45, 7) is 4.49. The highest BCUT2D eigenvalue weighted by Gasteiger charge is 2.26. The van der Waals surface area contributed by atoms with Gasteiger partial charge in [-0.15, -0.1) is 0 Å². The van der Waals surface area contributed by atoms with E-state index in [9.17, 15) is 10.1 Å². The van der Waals surface area contributed by atoms with Gasteiger partial charge in [0.2, 0.25) is 0 Å². The fourth-order valence-electron chi connectivity index (χ4n) is 3.69. The molecule has 0 bridgehead atoms. The largest absolute Gasteiger partial charge is 0.497 e. The van der Waals surface area contributed by atoms with Crippen LogP contribution < -0.4 is 10.1 Å². The predicted molar refractivity (Wildman–Crippen MR) is 117 cm³/mol. The SMILES string of the molecule is COc1ccc2c(C#N)c(-c3ccc(NC(=O)OC(C)C)cc3)n(CC3CC3)c2c1. The molecule has 6 nitrogen and oxygen atoms in total. The van der Waals surface area contributed by atoms with Crippen molar-refractivity contribution in [2.45, 2.75) is 39.3 Å². The van der Waals surface area contributed by atoms with Crippen molar-refractivity contribution < 1.29 is 14.3 Å². The molecule has 1 heterocycles. The molecule has 4 rings (SSSR count). The number of hydrogen-bond acceptors (Lipinski definition) is 4. The molecule has 0 unspecified atom stereocenters. The van der Waals surface area contributed by atoms with Crippen LogP contribution in [0.2, 0.25) is 0 Å². The van der Waals surface area contributed by atoms with Gasteiger partial charge in [-0.05, 0) is 62.4 Å². The van der Waals surface area contributed by atoms with Gasteiger partial charge >= 0.3 is 6.09 Å². The van der Waals surface area contributed by atoms with Gasteiger partial charge in [0.25, 0.3) is 0 Å². The lowest BCUT2D eigenvalue weighted by atomic mass is 10.1.